The average Bonchev–Trinajstić information content (AvgIpc) is 3.31. The van der Waals surface area contributed by atoms with Gasteiger partial charge < -0.3 is 20.7 Å². The molecule has 2 aromatic carbocycles. The standard InChI is InChI=1S/C29H27N5O4S/c1-17-15-19(38-18-7-3-2-4-8-18)11-12-22(17)34-23-13-14-30-28-24(23)25(33-29(34)37)26(39-28)27(36)32-21-10-6-5-9-20(21)31-16-35/h2-4,7-8,11-16,20-21H,5-6,9-10H2,1H3,(H,31,35)(H,32,36)(H,33,37)/t20-,21-/m0/s1. The summed E-state index contributed by atoms with van der Waals surface area (Å²) in [5, 5.41) is 9.59. The molecule has 0 saturated heterocycles. The molecule has 2 atom stereocenters. The maximum atomic E-state index is 13.5. The third-order valence-corrected chi connectivity index (χ3v) is 8.30. The third-order valence-electron chi connectivity index (χ3n) is 7.20. The van der Waals surface area contributed by atoms with E-state index < -0.39 is 0 Å². The van der Waals surface area contributed by atoms with Gasteiger partial charge in [-0.15, -0.1) is 11.3 Å². The first kappa shape index (κ1) is 24.9. The van der Waals surface area contributed by atoms with E-state index in [2.05, 4.69) is 20.9 Å². The number of thiophene rings is 1. The fraction of sp³-hybridized carbons (Fsp3) is 0.241. The van der Waals surface area contributed by atoms with E-state index >= 15 is 0 Å². The first-order valence-electron chi connectivity index (χ1n) is 12.9. The summed E-state index contributed by atoms with van der Waals surface area (Å²) in [4.78, 5) is 45.2. The second-order valence-corrected chi connectivity index (χ2v) is 10.7. The van der Waals surface area contributed by atoms with Crippen LogP contribution < -0.4 is 25.6 Å². The molecule has 9 nitrogen and oxygen atoms in total. The van der Waals surface area contributed by atoms with Crippen LogP contribution in [0.5, 0.6) is 11.5 Å². The lowest BCUT2D eigenvalue weighted by Crippen LogP contribution is -2.51. The number of urea groups is 1. The molecule has 1 aliphatic carbocycles. The summed E-state index contributed by atoms with van der Waals surface area (Å²) in [7, 11) is 0. The molecule has 0 spiro atoms. The minimum atomic E-state index is -0.361. The van der Waals surface area contributed by atoms with Gasteiger partial charge in [-0.25, -0.2) is 9.78 Å². The molecule has 0 unspecified atom stereocenters. The van der Waals surface area contributed by atoms with Crippen LogP contribution in [0.4, 0.5) is 21.9 Å². The zero-order valence-electron chi connectivity index (χ0n) is 21.3. The number of rotatable bonds is 7. The maximum absolute atomic E-state index is 13.5. The van der Waals surface area contributed by atoms with Crippen LogP contribution in [0.2, 0.25) is 0 Å². The van der Waals surface area contributed by atoms with E-state index in [4.69, 9.17) is 4.74 Å². The Morgan fingerprint density at radius 3 is 2.64 bits per heavy atom. The van der Waals surface area contributed by atoms with Crippen LogP contribution in [0.15, 0.2) is 60.8 Å². The number of para-hydroxylation sites is 1. The molecule has 0 radical (unpaired) electrons. The fourth-order valence-corrected chi connectivity index (χ4v) is 6.40. The number of nitrogens with one attached hydrogen (secondary N) is 3. The van der Waals surface area contributed by atoms with Gasteiger partial charge in [-0.1, -0.05) is 31.0 Å². The van der Waals surface area contributed by atoms with Crippen molar-refractivity contribution in [3.63, 3.8) is 0 Å². The van der Waals surface area contributed by atoms with Gasteiger partial charge in [0.15, 0.2) is 0 Å². The number of nitrogens with zero attached hydrogens (tertiary/aromatic N) is 2. The molecular formula is C29H27N5O4S. The summed E-state index contributed by atoms with van der Waals surface area (Å²) < 4.78 is 5.96. The van der Waals surface area contributed by atoms with Gasteiger partial charge in [0.05, 0.1) is 22.4 Å². The van der Waals surface area contributed by atoms with E-state index in [-0.39, 0.29) is 24.0 Å². The van der Waals surface area contributed by atoms with Crippen LogP contribution in [0.25, 0.3) is 10.2 Å². The average molecular weight is 542 g/mol. The molecule has 3 heterocycles. The van der Waals surface area contributed by atoms with Gasteiger partial charge in [-0.2, -0.15) is 0 Å². The van der Waals surface area contributed by atoms with Crippen LogP contribution in [0.3, 0.4) is 0 Å². The van der Waals surface area contributed by atoms with E-state index in [9.17, 15) is 14.4 Å². The third kappa shape index (κ3) is 4.67. The van der Waals surface area contributed by atoms with Crippen molar-refractivity contribution < 1.29 is 19.1 Å². The lowest BCUT2D eigenvalue weighted by atomic mass is 9.90. The first-order chi connectivity index (χ1) is 19.0. The monoisotopic (exact) mass is 541 g/mol. The van der Waals surface area contributed by atoms with Gasteiger partial charge in [0.25, 0.3) is 5.91 Å². The highest BCUT2D eigenvalue weighted by Crippen LogP contribution is 2.46. The molecule has 4 aromatic rings. The molecule has 198 valence electrons. The van der Waals surface area contributed by atoms with Crippen molar-refractivity contribution in [2.75, 3.05) is 10.2 Å². The molecule has 0 bridgehead atoms. The summed E-state index contributed by atoms with van der Waals surface area (Å²) in [6.07, 6.45) is 5.92. The number of pyridine rings is 1. The van der Waals surface area contributed by atoms with Gasteiger partial charge in [-0.05, 0) is 61.7 Å². The van der Waals surface area contributed by atoms with E-state index in [0.29, 0.717) is 38.9 Å². The lowest BCUT2D eigenvalue weighted by molar-refractivity contribution is -0.110. The van der Waals surface area contributed by atoms with Gasteiger partial charge in [0, 0.05) is 18.3 Å². The SMILES string of the molecule is Cc1cc(Oc2ccccc2)ccc1N1C(=O)Nc2c(C(=O)N[C@H]3CCCC[C@@H]3NC=O)sc3nccc1c23. The summed E-state index contributed by atoms with van der Waals surface area (Å²) in [5.41, 5.74) is 2.68. The quantitative estimate of drug-likeness (QED) is 0.254. The van der Waals surface area contributed by atoms with Crippen molar-refractivity contribution >= 4 is 57.0 Å². The van der Waals surface area contributed by atoms with Crippen LogP contribution in [-0.4, -0.2) is 35.4 Å². The highest BCUT2D eigenvalue weighted by molar-refractivity contribution is 7.21. The number of carbonyl (C=O) groups is 3. The summed E-state index contributed by atoms with van der Waals surface area (Å²) in [5.74, 6) is 1.11. The molecule has 1 fully saturated rings. The Bertz CT molecular complexity index is 1570. The van der Waals surface area contributed by atoms with Crippen molar-refractivity contribution in [3.05, 3.63) is 71.2 Å². The number of hydrogen-bond acceptors (Lipinski definition) is 6. The van der Waals surface area contributed by atoms with Crippen molar-refractivity contribution in [1.82, 2.24) is 15.6 Å². The second-order valence-electron chi connectivity index (χ2n) is 9.70. The van der Waals surface area contributed by atoms with Gasteiger partial charge >= 0.3 is 6.03 Å². The summed E-state index contributed by atoms with van der Waals surface area (Å²) >= 11 is 1.25. The van der Waals surface area contributed by atoms with Gasteiger partial charge in [0.2, 0.25) is 6.41 Å². The summed E-state index contributed by atoms with van der Waals surface area (Å²) in [6.45, 7) is 1.93. The van der Waals surface area contributed by atoms with E-state index in [1.54, 1.807) is 17.2 Å². The Kier molecular flexibility index (Phi) is 6.62. The van der Waals surface area contributed by atoms with E-state index in [1.165, 1.54) is 11.3 Å². The van der Waals surface area contributed by atoms with E-state index in [1.807, 2.05) is 55.5 Å². The summed E-state index contributed by atoms with van der Waals surface area (Å²) in [6, 6.07) is 16.2. The molecule has 1 saturated carbocycles. The minimum Gasteiger partial charge on any atom is -0.457 e. The van der Waals surface area contributed by atoms with Crippen molar-refractivity contribution in [2.45, 2.75) is 44.7 Å². The number of amides is 4. The lowest BCUT2D eigenvalue weighted by Gasteiger charge is -2.32. The molecular weight excluding hydrogens is 514 g/mol. The molecule has 1 aliphatic heterocycles. The molecule has 4 amide bonds. The van der Waals surface area contributed by atoms with Crippen LogP contribution in [0, 0.1) is 6.92 Å². The molecule has 3 N–H and O–H groups in total. The fourth-order valence-electron chi connectivity index (χ4n) is 5.37. The maximum Gasteiger partial charge on any atom is 0.331 e. The Morgan fingerprint density at radius 1 is 1.08 bits per heavy atom. The van der Waals surface area contributed by atoms with E-state index in [0.717, 1.165) is 42.4 Å². The topological polar surface area (TPSA) is 113 Å². The Labute approximate surface area is 229 Å². The number of benzene rings is 2. The van der Waals surface area contributed by atoms with Crippen molar-refractivity contribution in [2.24, 2.45) is 0 Å². The molecule has 10 heteroatoms. The van der Waals surface area contributed by atoms with Crippen molar-refractivity contribution in [1.29, 1.82) is 0 Å². The van der Waals surface area contributed by atoms with Gasteiger partial charge in [0.1, 0.15) is 21.2 Å². The smallest absolute Gasteiger partial charge is 0.331 e. The normalized spacial score (nSPS) is 18.4. The molecule has 2 aliphatic rings. The molecule has 6 rings (SSSR count). The number of aromatic nitrogens is 1. The second kappa shape index (κ2) is 10.4. The first-order valence-corrected chi connectivity index (χ1v) is 13.7. The Morgan fingerprint density at radius 2 is 1.87 bits per heavy atom. The Hall–Kier alpha value is -4.44. The molecule has 2 aromatic heterocycles. The predicted octanol–water partition coefficient (Wildman–Crippen LogP) is 5.87. The number of hydrogen-bond donors (Lipinski definition) is 3. The predicted molar refractivity (Wildman–Crippen MR) is 151 cm³/mol. The minimum absolute atomic E-state index is 0.110. The zero-order valence-corrected chi connectivity index (χ0v) is 22.1. The van der Waals surface area contributed by atoms with Crippen LogP contribution in [0.1, 0.15) is 40.9 Å². The Balaban J connectivity index is 1.32. The number of carbonyl (C=O) groups excluding carboxylic acids is 3. The highest BCUT2D eigenvalue weighted by atomic mass is 32.1. The van der Waals surface area contributed by atoms with Crippen LogP contribution >= 0.6 is 11.3 Å². The number of anilines is 3. The number of aryl methyl sites for hydroxylation is 1. The zero-order chi connectivity index (χ0) is 26.9. The van der Waals surface area contributed by atoms with Gasteiger partial charge in [-0.3, -0.25) is 14.5 Å². The highest BCUT2D eigenvalue weighted by Gasteiger charge is 2.34. The number of ether oxygens (including phenoxy) is 1. The van der Waals surface area contributed by atoms with Crippen LogP contribution in [-0.2, 0) is 4.79 Å². The van der Waals surface area contributed by atoms with Crippen molar-refractivity contribution in [3.8, 4) is 11.5 Å². The largest absolute Gasteiger partial charge is 0.457 e. The molecule has 39 heavy (non-hydrogen) atoms.